The first-order valence-electron chi connectivity index (χ1n) is 8.39. The molecule has 0 unspecified atom stereocenters. The number of benzene rings is 1. The fourth-order valence-electron chi connectivity index (χ4n) is 2.31. The van der Waals surface area contributed by atoms with Crippen LogP contribution in [-0.4, -0.2) is 36.5 Å². The molecule has 0 aliphatic carbocycles. The fourth-order valence-corrected chi connectivity index (χ4v) is 2.31. The van der Waals surface area contributed by atoms with Gasteiger partial charge in [0, 0.05) is 26.8 Å². The van der Waals surface area contributed by atoms with Gasteiger partial charge in [0.1, 0.15) is 0 Å². The number of hydrogen-bond donors (Lipinski definition) is 2. The number of aryl methyl sites for hydroxylation is 1. The minimum Gasteiger partial charge on any atom is -0.493 e. The molecule has 1 aromatic heterocycles. The van der Waals surface area contributed by atoms with E-state index in [1.54, 1.807) is 20.4 Å². The fraction of sp³-hybridized carbons (Fsp3) is 0.444. The maximum absolute atomic E-state index is 5.68. The molecular formula is C18H28IN5O2. The van der Waals surface area contributed by atoms with E-state index in [4.69, 9.17) is 9.47 Å². The maximum atomic E-state index is 5.68. The van der Waals surface area contributed by atoms with Crippen LogP contribution >= 0.6 is 24.0 Å². The van der Waals surface area contributed by atoms with Crippen LogP contribution in [0.15, 0.2) is 35.5 Å². The highest BCUT2D eigenvalue weighted by Crippen LogP contribution is 2.28. The molecule has 0 radical (unpaired) electrons. The Morgan fingerprint density at radius 3 is 2.58 bits per heavy atom. The molecule has 0 aliphatic heterocycles. The minimum atomic E-state index is 0. The van der Waals surface area contributed by atoms with Gasteiger partial charge in [0.25, 0.3) is 0 Å². The number of guanidine groups is 1. The summed E-state index contributed by atoms with van der Waals surface area (Å²) in [5, 5.41) is 10.7. The van der Waals surface area contributed by atoms with Crippen molar-refractivity contribution in [1.29, 1.82) is 0 Å². The molecule has 0 saturated carbocycles. The molecule has 2 N–H and O–H groups in total. The van der Waals surface area contributed by atoms with Crippen LogP contribution < -0.4 is 20.1 Å². The molecule has 0 fully saturated rings. The summed E-state index contributed by atoms with van der Waals surface area (Å²) in [7, 11) is 5.32. The Kier molecular flexibility index (Phi) is 9.85. The molecule has 0 saturated heterocycles. The Balaban J connectivity index is 0.00000338. The highest BCUT2D eigenvalue weighted by Gasteiger charge is 2.07. The van der Waals surface area contributed by atoms with Crippen LogP contribution in [-0.2, 0) is 20.1 Å². The second-order valence-corrected chi connectivity index (χ2v) is 5.56. The molecule has 8 heteroatoms. The molecule has 1 heterocycles. The predicted molar refractivity (Wildman–Crippen MR) is 114 cm³/mol. The number of methoxy groups -OCH3 is 1. The van der Waals surface area contributed by atoms with Crippen molar-refractivity contribution in [2.45, 2.75) is 26.4 Å². The highest BCUT2D eigenvalue weighted by molar-refractivity contribution is 14.0. The number of rotatable bonds is 8. The number of ether oxygens (including phenoxy) is 2. The van der Waals surface area contributed by atoms with Gasteiger partial charge in [0.05, 0.1) is 26.0 Å². The number of aliphatic imine (C=N–C) groups is 1. The Hall–Kier alpha value is -1.97. The summed E-state index contributed by atoms with van der Waals surface area (Å²) in [6.07, 6.45) is 2.74. The van der Waals surface area contributed by atoms with E-state index in [0.717, 1.165) is 35.1 Å². The predicted octanol–water partition coefficient (Wildman–Crippen LogP) is 2.70. The third-order valence-corrected chi connectivity index (χ3v) is 3.73. The summed E-state index contributed by atoms with van der Waals surface area (Å²) < 4.78 is 12.9. The molecule has 2 aromatic rings. The maximum Gasteiger partial charge on any atom is 0.191 e. The van der Waals surface area contributed by atoms with E-state index in [9.17, 15) is 0 Å². The van der Waals surface area contributed by atoms with Crippen molar-refractivity contribution in [3.63, 3.8) is 0 Å². The van der Waals surface area contributed by atoms with Gasteiger partial charge in [-0.15, -0.1) is 24.0 Å². The van der Waals surface area contributed by atoms with Gasteiger partial charge in [-0.3, -0.25) is 9.67 Å². The van der Waals surface area contributed by atoms with Crippen LogP contribution in [0.25, 0.3) is 0 Å². The van der Waals surface area contributed by atoms with Gasteiger partial charge < -0.3 is 20.1 Å². The van der Waals surface area contributed by atoms with E-state index in [2.05, 4.69) is 27.6 Å². The zero-order valence-corrected chi connectivity index (χ0v) is 18.1. The number of nitrogens with one attached hydrogen (secondary N) is 2. The second kappa shape index (κ2) is 11.6. The Morgan fingerprint density at radius 1 is 1.19 bits per heavy atom. The molecule has 26 heavy (non-hydrogen) atoms. The molecule has 0 aliphatic rings. The summed E-state index contributed by atoms with van der Waals surface area (Å²) in [6, 6.07) is 7.92. The number of aromatic nitrogens is 2. The SMILES string of the molecule is CCCOc1ccc(CNC(=NC)NCc2ccnn2C)cc1OC.I. The van der Waals surface area contributed by atoms with Crippen LogP contribution in [0.1, 0.15) is 24.6 Å². The minimum absolute atomic E-state index is 0. The normalized spacial score (nSPS) is 10.8. The monoisotopic (exact) mass is 473 g/mol. The molecule has 2 rings (SSSR count). The molecule has 0 bridgehead atoms. The topological polar surface area (TPSA) is 72.7 Å². The van der Waals surface area contributed by atoms with Crippen molar-refractivity contribution in [1.82, 2.24) is 20.4 Å². The molecule has 0 atom stereocenters. The van der Waals surface area contributed by atoms with Crippen molar-refractivity contribution >= 4 is 29.9 Å². The zero-order chi connectivity index (χ0) is 18.1. The summed E-state index contributed by atoms with van der Waals surface area (Å²) in [4.78, 5) is 4.24. The first kappa shape index (κ1) is 22.1. The van der Waals surface area contributed by atoms with E-state index in [1.807, 2.05) is 36.0 Å². The van der Waals surface area contributed by atoms with Crippen LogP contribution in [0.3, 0.4) is 0 Å². The first-order valence-corrected chi connectivity index (χ1v) is 8.39. The summed E-state index contributed by atoms with van der Waals surface area (Å²) in [6.45, 7) is 4.05. The van der Waals surface area contributed by atoms with Crippen LogP contribution in [0, 0.1) is 0 Å². The molecule has 7 nitrogen and oxygen atoms in total. The van der Waals surface area contributed by atoms with Crippen molar-refractivity contribution in [2.75, 3.05) is 20.8 Å². The van der Waals surface area contributed by atoms with Crippen LogP contribution in [0.2, 0.25) is 0 Å². The van der Waals surface area contributed by atoms with Gasteiger partial charge in [-0.2, -0.15) is 5.10 Å². The molecule has 1 aromatic carbocycles. The second-order valence-electron chi connectivity index (χ2n) is 5.56. The third kappa shape index (κ3) is 6.40. The van der Waals surface area contributed by atoms with Gasteiger partial charge in [-0.05, 0) is 30.2 Å². The van der Waals surface area contributed by atoms with Crippen molar-refractivity contribution in [3.8, 4) is 11.5 Å². The van der Waals surface area contributed by atoms with Crippen molar-refractivity contribution in [3.05, 3.63) is 41.7 Å². The van der Waals surface area contributed by atoms with Gasteiger partial charge in [-0.1, -0.05) is 13.0 Å². The summed E-state index contributed by atoms with van der Waals surface area (Å²) >= 11 is 0. The van der Waals surface area contributed by atoms with Gasteiger partial charge in [0.15, 0.2) is 17.5 Å². The summed E-state index contributed by atoms with van der Waals surface area (Å²) in [5.74, 6) is 2.24. The smallest absolute Gasteiger partial charge is 0.191 e. The average Bonchev–Trinajstić information content (AvgIpc) is 3.05. The van der Waals surface area contributed by atoms with Gasteiger partial charge >= 0.3 is 0 Å². The molecule has 144 valence electrons. The van der Waals surface area contributed by atoms with E-state index < -0.39 is 0 Å². The lowest BCUT2D eigenvalue weighted by Gasteiger charge is -2.14. The molecule has 0 spiro atoms. The molecule has 0 amide bonds. The lowest BCUT2D eigenvalue weighted by molar-refractivity contribution is 0.294. The number of halogens is 1. The largest absolute Gasteiger partial charge is 0.493 e. The van der Waals surface area contributed by atoms with E-state index >= 15 is 0 Å². The third-order valence-electron chi connectivity index (χ3n) is 3.73. The number of nitrogens with zero attached hydrogens (tertiary/aromatic N) is 3. The molecular weight excluding hydrogens is 445 g/mol. The Labute approximate surface area is 172 Å². The average molecular weight is 473 g/mol. The first-order chi connectivity index (χ1) is 12.2. The zero-order valence-electron chi connectivity index (χ0n) is 15.8. The van der Waals surface area contributed by atoms with Gasteiger partial charge in [-0.25, -0.2) is 0 Å². The highest BCUT2D eigenvalue weighted by atomic mass is 127. The van der Waals surface area contributed by atoms with E-state index in [0.29, 0.717) is 19.7 Å². The summed E-state index contributed by atoms with van der Waals surface area (Å²) in [5.41, 5.74) is 2.17. The van der Waals surface area contributed by atoms with Gasteiger partial charge in [0.2, 0.25) is 0 Å². The Bertz CT molecular complexity index is 703. The van der Waals surface area contributed by atoms with Crippen molar-refractivity contribution < 1.29 is 9.47 Å². The van der Waals surface area contributed by atoms with Crippen LogP contribution in [0.4, 0.5) is 0 Å². The van der Waals surface area contributed by atoms with E-state index in [1.165, 1.54) is 0 Å². The van der Waals surface area contributed by atoms with Crippen LogP contribution in [0.5, 0.6) is 11.5 Å². The van der Waals surface area contributed by atoms with E-state index in [-0.39, 0.29) is 24.0 Å². The Morgan fingerprint density at radius 2 is 1.96 bits per heavy atom. The quantitative estimate of drug-likeness (QED) is 0.351. The standard InChI is InChI=1S/C18H27N5O2.HI/c1-5-10-25-16-7-6-14(11-17(16)24-4)12-20-18(19-2)21-13-15-8-9-22-23(15)3;/h6-9,11H,5,10,12-13H2,1-4H3,(H2,19,20,21);1H. The number of hydrogen-bond acceptors (Lipinski definition) is 4. The lowest BCUT2D eigenvalue weighted by Crippen LogP contribution is -2.36. The lowest BCUT2D eigenvalue weighted by atomic mass is 10.2. The van der Waals surface area contributed by atoms with Crippen molar-refractivity contribution in [2.24, 2.45) is 12.0 Å².